The molecule has 3 heteroatoms. The number of hydrogen-bond acceptors (Lipinski definition) is 1. The Hall–Kier alpha value is -1.25. The number of aromatic nitrogens is 1. The van der Waals surface area contributed by atoms with Crippen LogP contribution in [0.5, 0.6) is 0 Å². The molecule has 0 amide bonds. The Bertz CT molecular complexity index is 350. The smallest absolute Gasteiger partial charge is 0.309 e. The van der Waals surface area contributed by atoms with E-state index in [4.69, 9.17) is 5.11 Å². The van der Waals surface area contributed by atoms with Crippen LogP contribution in [0, 0.1) is 5.92 Å². The zero-order valence-electron chi connectivity index (χ0n) is 8.36. The monoisotopic (exact) mass is 193 g/mol. The summed E-state index contributed by atoms with van der Waals surface area (Å²) in [5.41, 5.74) is 2.18. The molecule has 0 radical (unpaired) electrons. The molecule has 2 rings (SSSR count). The van der Waals surface area contributed by atoms with Gasteiger partial charge in [0, 0.05) is 18.9 Å². The van der Waals surface area contributed by atoms with Gasteiger partial charge in [0.25, 0.3) is 0 Å². The number of aliphatic carboxylic acids is 1. The largest absolute Gasteiger partial charge is 0.481 e. The Morgan fingerprint density at radius 1 is 1.64 bits per heavy atom. The van der Waals surface area contributed by atoms with Gasteiger partial charge in [0.1, 0.15) is 0 Å². The van der Waals surface area contributed by atoms with Gasteiger partial charge in [0.05, 0.1) is 6.42 Å². The lowest BCUT2D eigenvalue weighted by Gasteiger charge is -2.04. The van der Waals surface area contributed by atoms with Crippen LogP contribution in [0.25, 0.3) is 0 Å². The molecule has 1 aliphatic rings. The first-order chi connectivity index (χ1) is 6.66. The number of hydrogen-bond donors (Lipinski definition) is 1. The van der Waals surface area contributed by atoms with E-state index in [1.807, 2.05) is 17.8 Å². The third kappa shape index (κ3) is 1.97. The van der Waals surface area contributed by atoms with Crippen LogP contribution >= 0.6 is 0 Å². The maximum atomic E-state index is 10.7. The number of aryl methyl sites for hydroxylation is 1. The lowest BCUT2D eigenvalue weighted by Crippen LogP contribution is -2.07. The van der Waals surface area contributed by atoms with Gasteiger partial charge in [-0.05, 0) is 36.8 Å². The average Bonchev–Trinajstić information content (AvgIpc) is 2.85. The summed E-state index contributed by atoms with van der Waals surface area (Å²) in [6, 6.07) is 2.05. The first kappa shape index (κ1) is 9.31. The minimum absolute atomic E-state index is 0.144. The molecule has 76 valence electrons. The van der Waals surface area contributed by atoms with Crippen molar-refractivity contribution in [3.05, 3.63) is 23.5 Å². The van der Waals surface area contributed by atoms with Crippen molar-refractivity contribution in [1.82, 2.24) is 4.57 Å². The van der Waals surface area contributed by atoms with E-state index in [-0.39, 0.29) is 6.42 Å². The molecule has 14 heavy (non-hydrogen) atoms. The molecule has 3 nitrogen and oxygen atoms in total. The highest BCUT2D eigenvalue weighted by atomic mass is 16.4. The number of carbonyl (C=O) groups is 1. The molecule has 0 spiro atoms. The highest BCUT2D eigenvalue weighted by Gasteiger charge is 2.23. The molecule has 0 unspecified atom stereocenters. The van der Waals surface area contributed by atoms with Crippen LogP contribution in [0.3, 0.4) is 0 Å². The third-order valence-corrected chi connectivity index (χ3v) is 2.82. The molecule has 0 aromatic carbocycles. The molecule has 0 aliphatic heterocycles. The van der Waals surface area contributed by atoms with E-state index in [1.54, 1.807) is 0 Å². The molecule has 1 aromatic heterocycles. The van der Waals surface area contributed by atoms with Gasteiger partial charge >= 0.3 is 5.97 Å². The molecular weight excluding hydrogens is 178 g/mol. The molecule has 1 saturated carbocycles. The van der Waals surface area contributed by atoms with Crippen LogP contribution in [0.4, 0.5) is 0 Å². The Morgan fingerprint density at radius 3 is 2.93 bits per heavy atom. The fourth-order valence-electron chi connectivity index (χ4n) is 1.81. The maximum absolute atomic E-state index is 10.7. The van der Waals surface area contributed by atoms with Gasteiger partial charge in [-0.3, -0.25) is 4.79 Å². The summed E-state index contributed by atoms with van der Waals surface area (Å²) >= 11 is 0. The van der Waals surface area contributed by atoms with Crippen molar-refractivity contribution in [2.24, 2.45) is 13.0 Å². The zero-order valence-corrected chi connectivity index (χ0v) is 8.36. The summed E-state index contributed by atoms with van der Waals surface area (Å²) in [6.45, 7) is 0. The van der Waals surface area contributed by atoms with E-state index in [2.05, 4.69) is 6.07 Å². The average molecular weight is 193 g/mol. The fourth-order valence-corrected chi connectivity index (χ4v) is 1.81. The van der Waals surface area contributed by atoms with Crippen molar-refractivity contribution in [3.8, 4) is 0 Å². The molecule has 0 atom stereocenters. The normalized spacial score (nSPS) is 15.8. The Morgan fingerprint density at radius 2 is 2.36 bits per heavy atom. The Labute approximate surface area is 83.4 Å². The lowest BCUT2D eigenvalue weighted by molar-refractivity contribution is -0.136. The zero-order chi connectivity index (χ0) is 10.1. The van der Waals surface area contributed by atoms with E-state index >= 15 is 0 Å². The predicted molar refractivity (Wildman–Crippen MR) is 53.2 cm³/mol. The van der Waals surface area contributed by atoms with E-state index in [0.29, 0.717) is 0 Å². The van der Waals surface area contributed by atoms with Crippen LogP contribution in [-0.2, 0) is 24.7 Å². The molecule has 1 fully saturated rings. The van der Waals surface area contributed by atoms with Gasteiger partial charge < -0.3 is 9.67 Å². The number of nitrogens with zero attached hydrogens (tertiary/aromatic N) is 1. The number of carboxylic acid groups (broad SMARTS) is 1. The van der Waals surface area contributed by atoms with Crippen LogP contribution in [0.15, 0.2) is 12.3 Å². The minimum Gasteiger partial charge on any atom is -0.481 e. The van der Waals surface area contributed by atoms with Crippen molar-refractivity contribution in [2.75, 3.05) is 0 Å². The van der Waals surface area contributed by atoms with Crippen molar-refractivity contribution in [1.29, 1.82) is 0 Å². The van der Waals surface area contributed by atoms with Crippen molar-refractivity contribution in [2.45, 2.75) is 25.7 Å². The summed E-state index contributed by atoms with van der Waals surface area (Å²) in [7, 11) is 1.91. The standard InChI is InChI=1S/C11H15NO2/c1-12-5-4-9(6-8-2-3-8)10(12)7-11(13)14/h4-5,8H,2-3,6-7H2,1H3,(H,13,14). The second kappa shape index (κ2) is 3.48. The molecular formula is C11H15NO2. The first-order valence-corrected chi connectivity index (χ1v) is 5.01. The summed E-state index contributed by atoms with van der Waals surface area (Å²) in [5, 5.41) is 8.77. The highest BCUT2D eigenvalue weighted by molar-refractivity contribution is 5.70. The minimum atomic E-state index is -0.746. The lowest BCUT2D eigenvalue weighted by atomic mass is 10.1. The van der Waals surface area contributed by atoms with E-state index in [9.17, 15) is 4.79 Å². The number of rotatable bonds is 4. The second-order valence-electron chi connectivity index (χ2n) is 4.12. The van der Waals surface area contributed by atoms with Crippen molar-refractivity contribution < 1.29 is 9.90 Å². The maximum Gasteiger partial charge on any atom is 0.309 e. The van der Waals surface area contributed by atoms with Crippen molar-refractivity contribution >= 4 is 5.97 Å². The van der Waals surface area contributed by atoms with E-state index < -0.39 is 5.97 Å². The van der Waals surface area contributed by atoms with Crippen LogP contribution < -0.4 is 0 Å². The molecule has 0 saturated heterocycles. The summed E-state index contributed by atoms with van der Waals surface area (Å²) in [6.07, 6.45) is 5.77. The topological polar surface area (TPSA) is 42.2 Å². The second-order valence-corrected chi connectivity index (χ2v) is 4.12. The molecule has 1 N–H and O–H groups in total. The highest BCUT2D eigenvalue weighted by Crippen LogP contribution is 2.33. The van der Waals surface area contributed by atoms with Crippen LogP contribution in [-0.4, -0.2) is 15.6 Å². The molecule has 1 heterocycles. The van der Waals surface area contributed by atoms with Gasteiger partial charge in [-0.1, -0.05) is 0 Å². The Balaban J connectivity index is 2.15. The van der Waals surface area contributed by atoms with Gasteiger partial charge in [0.15, 0.2) is 0 Å². The van der Waals surface area contributed by atoms with Crippen LogP contribution in [0.1, 0.15) is 24.1 Å². The van der Waals surface area contributed by atoms with Gasteiger partial charge in [0.2, 0.25) is 0 Å². The summed E-state index contributed by atoms with van der Waals surface area (Å²) in [5.74, 6) is 0.0637. The summed E-state index contributed by atoms with van der Waals surface area (Å²) in [4.78, 5) is 10.7. The Kier molecular flexibility index (Phi) is 2.32. The first-order valence-electron chi connectivity index (χ1n) is 5.01. The third-order valence-electron chi connectivity index (χ3n) is 2.82. The number of carboxylic acids is 1. The summed E-state index contributed by atoms with van der Waals surface area (Å²) < 4.78 is 1.92. The van der Waals surface area contributed by atoms with Gasteiger partial charge in [-0.2, -0.15) is 0 Å². The fraction of sp³-hybridized carbons (Fsp3) is 0.545. The molecule has 1 aliphatic carbocycles. The predicted octanol–water partition coefficient (Wildman–Crippen LogP) is 1.60. The van der Waals surface area contributed by atoms with Gasteiger partial charge in [-0.15, -0.1) is 0 Å². The van der Waals surface area contributed by atoms with E-state index in [1.165, 1.54) is 18.4 Å². The quantitative estimate of drug-likeness (QED) is 0.789. The van der Waals surface area contributed by atoms with Gasteiger partial charge in [-0.25, -0.2) is 0 Å². The van der Waals surface area contributed by atoms with Crippen molar-refractivity contribution in [3.63, 3.8) is 0 Å². The van der Waals surface area contributed by atoms with Crippen LogP contribution in [0.2, 0.25) is 0 Å². The SMILES string of the molecule is Cn1ccc(CC2CC2)c1CC(=O)O. The van der Waals surface area contributed by atoms with E-state index in [0.717, 1.165) is 18.0 Å². The molecule has 0 bridgehead atoms. The molecule has 1 aromatic rings.